The molecule has 1 aromatic heterocycles. The van der Waals surface area contributed by atoms with Crippen LogP contribution < -0.4 is 4.74 Å². The molecule has 0 saturated heterocycles. The lowest BCUT2D eigenvalue weighted by molar-refractivity contribution is 0.0517. The molecule has 0 aromatic carbocycles. The van der Waals surface area contributed by atoms with Crippen LogP contribution in [0.4, 0.5) is 0 Å². The van der Waals surface area contributed by atoms with Crippen LogP contribution in [0, 0.1) is 0 Å². The molecule has 0 aliphatic rings. The Kier molecular flexibility index (Phi) is 4.55. The zero-order valence-corrected chi connectivity index (χ0v) is 10.0. The van der Waals surface area contributed by atoms with Crippen molar-refractivity contribution in [2.24, 2.45) is 0 Å². The SMILES string of the molecule is CCCc1snc(C(=O)OCC)c1OC. The smallest absolute Gasteiger partial charge is 0.361 e. The first kappa shape index (κ1) is 12.0. The Labute approximate surface area is 93.4 Å². The number of rotatable bonds is 5. The summed E-state index contributed by atoms with van der Waals surface area (Å²) in [6.07, 6.45) is 1.88. The van der Waals surface area contributed by atoms with Crippen LogP contribution in [0.3, 0.4) is 0 Å². The van der Waals surface area contributed by atoms with Gasteiger partial charge in [0.15, 0.2) is 5.75 Å². The Balaban J connectivity index is 2.92. The summed E-state index contributed by atoms with van der Waals surface area (Å²) < 4.78 is 14.1. The van der Waals surface area contributed by atoms with Gasteiger partial charge in [-0.3, -0.25) is 0 Å². The van der Waals surface area contributed by atoms with Crippen molar-refractivity contribution in [3.8, 4) is 5.75 Å². The van der Waals surface area contributed by atoms with Crippen molar-refractivity contribution in [2.75, 3.05) is 13.7 Å². The normalized spacial score (nSPS) is 10.1. The van der Waals surface area contributed by atoms with Gasteiger partial charge in [-0.25, -0.2) is 4.79 Å². The van der Waals surface area contributed by atoms with Crippen LogP contribution in [0.5, 0.6) is 5.75 Å². The van der Waals surface area contributed by atoms with E-state index in [2.05, 4.69) is 11.3 Å². The lowest BCUT2D eigenvalue weighted by Crippen LogP contribution is -2.06. The van der Waals surface area contributed by atoms with E-state index in [1.165, 1.54) is 11.5 Å². The number of methoxy groups -OCH3 is 1. The van der Waals surface area contributed by atoms with Crippen molar-refractivity contribution in [3.63, 3.8) is 0 Å². The van der Waals surface area contributed by atoms with E-state index in [0.29, 0.717) is 18.1 Å². The molecule has 0 bridgehead atoms. The van der Waals surface area contributed by atoms with E-state index in [-0.39, 0.29) is 0 Å². The Morgan fingerprint density at radius 1 is 1.47 bits per heavy atom. The fourth-order valence-corrected chi connectivity index (χ4v) is 2.16. The van der Waals surface area contributed by atoms with Gasteiger partial charge >= 0.3 is 5.97 Å². The van der Waals surface area contributed by atoms with Crippen LogP contribution in [0.25, 0.3) is 0 Å². The van der Waals surface area contributed by atoms with Gasteiger partial charge in [-0.1, -0.05) is 13.3 Å². The van der Waals surface area contributed by atoms with Gasteiger partial charge in [-0.2, -0.15) is 4.37 Å². The summed E-state index contributed by atoms with van der Waals surface area (Å²) >= 11 is 1.30. The Hall–Kier alpha value is -1.10. The number of carbonyl (C=O) groups excluding carboxylic acids is 1. The molecule has 0 aliphatic heterocycles. The first-order valence-electron chi connectivity index (χ1n) is 4.94. The van der Waals surface area contributed by atoms with Gasteiger partial charge in [-0.05, 0) is 24.9 Å². The van der Waals surface area contributed by atoms with Crippen LogP contribution in [-0.2, 0) is 11.2 Å². The van der Waals surface area contributed by atoms with Gasteiger partial charge in [0.2, 0.25) is 5.69 Å². The molecular formula is C10H15NO3S. The maximum Gasteiger partial charge on any atom is 0.361 e. The summed E-state index contributed by atoms with van der Waals surface area (Å²) in [4.78, 5) is 12.5. The number of aromatic nitrogens is 1. The minimum atomic E-state index is -0.409. The van der Waals surface area contributed by atoms with Crippen LogP contribution in [0.15, 0.2) is 0 Å². The van der Waals surface area contributed by atoms with Crippen molar-refractivity contribution in [2.45, 2.75) is 26.7 Å². The second-order valence-electron chi connectivity index (χ2n) is 2.96. The second kappa shape index (κ2) is 5.70. The first-order chi connectivity index (χ1) is 7.24. The standard InChI is InChI=1S/C10H15NO3S/c1-4-6-7-9(13-3)8(11-15-7)10(12)14-5-2/h4-6H2,1-3H3. The second-order valence-corrected chi connectivity index (χ2v) is 3.82. The summed E-state index contributed by atoms with van der Waals surface area (Å²) in [7, 11) is 1.55. The third-order valence-corrected chi connectivity index (χ3v) is 2.75. The fourth-order valence-electron chi connectivity index (χ4n) is 1.24. The summed E-state index contributed by atoms with van der Waals surface area (Å²) in [5.74, 6) is 0.160. The van der Waals surface area contributed by atoms with Crippen molar-refractivity contribution in [1.29, 1.82) is 0 Å². The van der Waals surface area contributed by atoms with Gasteiger partial charge in [0.25, 0.3) is 0 Å². The fraction of sp³-hybridized carbons (Fsp3) is 0.600. The summed E-state index contributed by atoms with van der Waals surface area (Å²) in [5, 5.41) is 0. The number of hydrogen-bond acceptors (Lipinski definition) is 5. The van der Waals surface area contributed by atoms with E-state index in [1.54, 1.807) is 14.0 Å². The third kappa shape index (κ3) is 2.68. The molecule has 0 saturated carbocycles. The predicted octanol–water partition coefficient (Wildman–Crippen LogP) is 2.28. The summed E-state index contributed by atoms with van der Waals surface area (Å²) in [6, 6.07) is 0. The Bertz CT molecular complexity index is 335. The van der Waals surface area contributed by atoms with Crippen molar-refractivity contribution in [3.05, 3.63) is 10.6 Å². The molecule has 84 valence electrons. The number of carbonyl (C=O) groups is 1. The summed E-state index contributed by atoms with van der Waals surface area (Å²) in [5.41, 5.74) is 0.299. The first-order valence-corrected chi connectivity index (χ1v) is 5.71. The molecule has 0 aliphatic carbocycles. The van der Waals surface area contributed by atoms with E-state index in [9.17, 15) is 4.79 Å². The molecule has 15 heavy (non-hydrogen) atoms. The predicted molar refractivity (Wildman–Crippen MR) is 58.6 cm³/mol. The number of hydrogen-bond donors (Lipinski definition) is 0. The van der Waals surface area contributed by atoms with Crippen LogP contribution in [-0.4, -0.2) is 24.1 Å². The largest absolute Gasteiger partial charge is 0.493 e. The van der Waals surface area contributed by atoms with Crippen LogP contribution in [0.2, 0.25) is 0 Å². The topological polar surface area (TPSA) is 48.4 Å². The molecule has 0 unspecified atom stereocenters. The minimum absolute atomic E-state index is 0.299. The third-order valence-electron chi connectivity index (χ3n) is 1.87. The van der Waals surface area contributed by atoms with Crippen LogP contribution >= 0.6 is 11.5 Å². The van der Waals surface area contributed by atoms with E-state index in [1.807, 2.05) is 0 Å². The molecule has 1 rings (SSSR count). The highest BCUT2D eigenvalue weighted by Crippen LogP contribution is 2.29. The quantitative estimate of drug-likeness (QED) is 0.727. The number of ether oxygens (including phenoxy) is 2. The number of aryl methyl sites for hydroxylation is 1. The molecule has 0 spiro atoms. The van der Waals surface area contributed by atoms with Crippen LogP contribution in [0.1, 0.15) is 35.6 Å². The molecule has 0 radical (unpaired) electrons. The average Bonchev–Trinajstić information content (AvgIpc) is 2.62. The average molecular weight is 229 g/mol. The highest BCUT2D eigenvalue weighted by atomic mass is 32.1. The number of esters is 1. The maximum atomic E-state index is 11.5. The van der Waals surface area contributed by atoms with Crippen molar-refractivity contribution < 1.29 is 14.3 Å². The lowest BCUT2D eigenvalue weighted by atomic mass is 10.2. The van der Waals surface area contributed by atoms with Gasteiger partial charge in [-0.15, -0.1) is 0 Å². The molecule has 1 aromatic rings. The number of nitrogens with zero attached hydrogens (tertiary/aromatic N) is 1. The molecule has 0 amide bonds. The van der Waals surface area contributed by atoms with Crippen molar-refractivity contribution in [1.82, 2.24) is 4.37 Å². The molecular weight excluding hydrogens is 214 g/mol. The van der Waals surface area contributed by atoms with E-state index < -0.39 is 5.97 Å². The molecule has 4 nitrogen and oxygen atoms in total. The Morgan fingerprint density at radius 3 is 2.73 bits per heavy atom. The zero-order valence-electron chi connectivity index (χ0n) is 9.20. The maximum absolute atomic E-state index is 11.5. The molecule has 5 heteroatoms. The van der Waals surface area contributed by atoms with Gasteiger partial charge < -0.3 is 9.47 Å². The van der Waals surface area contributed by atoms with E-state index in [4.69, 9.17) is 9.47 Å². The van der Waals surface area contributed by atoms with Crippen molar-refractivity contribution >= 4 is 17.5 Å². The minimum Gasteiger partial charge on any atom is -0.493 e. The van der Waals surface area contributed by atoms with Gasteiger partial charge in [0.05, 0.1) is 18.6 Å². The van der Waals surface area contributed by atoms with Gasteiger partial charge in [0, 0.05) is 0 Å². The van der Waals surface area contributed by atoms with E-state index in [0.717, 1.165) is 17.7 Å². The highest BCUT2D eigenvalue weighted by molar-refractivity contribution is 7.06. The van der Waals surface area contributed by atoms with E-state index >= 15 is 0 Å². The molecule has 0 atom stereocenters. The molecule has 0 N–H and O–H groups in total. The molecule has 0 fully saturated rings. The Morgan fingerprint density at radius 2 is 2.20 bits per heavy atom. The zero-order chi connectivity index (χ0) is 11.3. The lowest BCUT2D eigenvalue weighted by Gasteiger charge is -2.03. The highest BCUT2D eigenvalue weighted by Gasteiger charge is 2.21. The monoisotopic (exact) mass is 229 g/mol. The summed E-state index contributed by atoms with van der Waals surface area (Å²) in [6.45, 7) is 4.19. The molecule has 1 heterocycles. The van der Waals surface area contributed by atoms with Gasteiger partial charge in [0.1, 0.15) is 0 Å².